The summed E-state index contributed by atoms with van der Waals surface area (Å²) in [6, 6.07) is 3.45. The van der Waals surface area contributed by atoms with Gasteiger partial charge >= 0.3 is 11.9 Å². The van der Waals surface area contributed by atoms with Gasteiger partial charge in [-0.05, 0) is 86.0 Å². The molecule has 3 rings (SSSR count). The molecular formula is C38H64N4O10. The summed E-state index contributed by atoms with van der Waals surface area (Å²) in [5.74, 6) is -4.32. The number of ether oxygens (including phenoxy) is 5. The molecule has 0 bridgehead atoms. The van der Waals surface area contributed by atoms with Crippen molar-refractivity contribution in [3.8, 4) is 0 Å². The van der Waals surface area contributed by atoms with Gasteiger partial charge in [0.1, 0.15) is 23.9 Å². The predicted octanol–water partition coefficient (Wildman–Crippen LogP) is 3.71. The zero-order valence-corrected chi connectivity index (χ0v) is 33.3. The predicted molar refractivity (Wildman–Crippen MR) is 197 cm³/mol. The van der Waals surface area contributed by atoms with Crippen LogP contribution < -0.4 is 0 Å². The van der Waals surface area contributed by atoms with Crippen LogP contribution in [0.2, 0.25) is 0 Å². The third kappa shape index (κ3) is 9.87. The first-order chi connectivity index (χ1) is 24.2. The van der Waals surface area contributed by atoms with Crippen molar-refractivity contribution < 1.29 is 48.6 Å². The standard InChI is InChI=1S/C38H64N4O10/c1-14-29-38(10,47)33(45)22(4)30(41-40-25(7)27-16-15-17-39-27)20(2)19-37(9,48-13)34(23(5)32(50-26(8)43)24(6)35(46)51-29)52-36-31(44)28(42(11)12)18-21(3)49-36/h15-17,20-24,28-29,31-34,36,39,44-45,47H,14,18-19H2,1-13H3/b40-25+,41-30+/t20-,21?,22+,23+,24-,28?,29-,31?,32+,33-,34-,36?,37-,38-/m1/s1. The Morgan fingerprint density at radius 1 is 1.12 bits per heavy atom. The summed E-state index contributed by atoms with van der Waals surface area (Å²) < 4.78 is 31.1. The lowest BCUT2D eigenvalue weighted by Gasteiger charge is -2.48. The minimum absolute atomic E-state index is 0.185. The molecule has 0 amide bonds. The van der Waals surface area contributed by atoms with E-state index in [1.807, 2.05) is 58.8 Å². The molecule has 14 heteroatoms. The number of likely N-dealkylation sites (N-methyl/N-ethyl adjacent to an activating group) is 1. The van der Waals surface area contributed by atoms with Gasteiger partial charge in [-0.15, -0.1) is 0 Å². The minimum Gasteiger partial charge on any atom is -0.461 e. The Morgan fingerprint density at radius 3 is 2.31 bits per heavy atom. The molecule has 4 N–H and O–H groups in total. The van der Waals surface area contributed by atoms with Gasteiger partial charge in [0.25, 0.3) is 0 Å². The number of aliphatic hydroxyl groups is 3. The zero-order chi connectivity index (χ0) is 39.3. The number of aliphatic hydroxyl groups excluding tert-OH is 2. The number of carbonyl (C=O) groups excluding carboxylic acids is 2. The third-order valence-corrected chi connectivity index (χ3v) is 11.1. The molecule has 3 heterocycles. The Balaban J connectivity index is 2.27. The van der Waals surface area contributed by atoms with Crippen molar-refractivity contribution in [1.29, 1.82) is 0 Å². The Kier molecular flexibility index (Phi) is 15.2. The molecule has 0 spiro atoms. The van der Waals surface area contributed by atoms with Crippen LogP contribution in [0.4, 0.5) is 0 Å². The highest BCUT2D eigenvalue weighted by atomic mass is 16.7. The third-order valence-electron chi connectivity index (χ3n) is 11.1. The monoisotopic (exact) mass is 736 g/mol. The second-order valence-corrected chi connectivity index (χ2v) is 15.6. The fraction of sp³-hybridized carbons (Fsp3) is 0.789. The second kappa shape index (κ2) is 18.1. The Hall–Kier alpha value is -2.72. The maximum Gasteiger partial charge on any atom is 0.312 e. The van der Waals surface area contributed by atoms with Crippen molar-refractivity contribution in [3.05, 3.63) is 24.0 Å². The number of H-pyrrole nitrogens is 1. The summed E-state index contributed by atoms with van der Waals surface area (Å²) in [4.78, 5) is 31.6. The van der Waals surface area contributed by atoms with E-state index in [1.54, 1.807) is 41.0 Å². The summed E-state index contributed by atoms with van der Waals surface area (Å²) in [6.07, 6.45) is -4.17. The van der Waals surface area contributed by atoms with Crippen molar-refractivity contribution in [1.82, 2.24) is 9.88 Å². The van der Waals surface area contributed by atoms with Crippen LogP contribution >= 0.6 is 0 Å². The van der Waals surface area contributed by atoms with Gasteiger partial charge < -0.3 is 48.9 Å². The van der Waals surface area contributed by atoms with Crippen molar-refractivity contribution in [2.24, 2.45) is 33.9 Å². The van der Waals surface area contributed by atoms with Crippen molar-refractivity contribution in [2.45, 2.75) is 149 Å². The fourth-order valence-corrected chi connectivity index (χ4v) is 7.92. The van der Waals surface area contributed by atoms with E-state index in [2.05, 4.69) is 10.1 Å². The molecule has 4 unspecified atom stereocenters. The molecule has 1 aromatic rings. The molecule has 0 aliphatic carbocycles. The van der Waals surface area contributed by atoms with E-state index in [-0.39, 0.29) is 25.0 Å². The summed E-state index contributed by atoms with van der Waals surface area (Å²) in [6.45, 7) is 17.1. The first-order valence-corrected chi connectivity index (χ1v) is 18.4. The van der Waals surface area contributed by atoms with Crippen LogP contribution in [-0.2, 0) is 33.3 Å². The number of methoxy groups -OCH3 is 1. The number of nitrogens with one attached hydrogen (secondary N) is 1. The van der Waals surface area contributed by atoms with E-state index in [0.29, 0.717) is 17.8 Å². The Labute approximate surface area is 309 Å². The highest BCUT2D eigenvalue weighted by Gasteiger charge is 2.52. The largest absolute Gasteiger partial charge is 0.461 e. The van der Waals surface area contributed by atoms with Crippen LogP contribution in [0.15, 0.2) is 28.5 Å². The SMILES string of the molecule is CC[C@H]1OC(=O)[C@H](C)[C@@H](OC(C)=O)[C@H](C)[C@@H](OC2OC(C)CC(N(C)C)C2O)[C@](C)(OC)C[C@@H](C)/C(=N\N=C(/C)c2ccc[nH]2)[C@H](C)[C@@H](O)[C@]1(C)O. The van der Waals surface area contributed by atoms with Gasteiger partial charge in [-0.25, -0.2) is 0 Å². The molecule has 0 saturated carbocycles. The molecule has 52 heavy (non-hydrogen) atoms. The maximum absolute atomic E-state index is 13.9. The quantitative estimate of drug-likeness (QED) is 0.173. The van der Waals surface area contributed by atoms with E-state index in [1.165, 1.54) is 13.8 Å². The van der Waals surface area contributed by atoms with E-state index in [4.69, 9.17) is 28.8 Å². The van der Waals surface area contributed by atoms with Gasteiger partial charge in [0.2, 0.25) is 0 Å². The molecule has 14 nitrogen and oxygen atoms in total. The Bertz CT molecular complexity index is 1380. The number of hydrogen-bond donors (Lipinski definition) is 4. The number of carbonyl (C=O) groups is 2. The summed E-state index contributed by atoms with van der Waals surface area (Å²) >= 11 is 0. The van der Waals surface area contributed by atoms with Crippen molar-refractivity contribution in [2.75, 3.05) is 21.2 Å². The molecule has 0 aromatic carbocycles. The highest BCUT2D eigenvalue weighted by Crippen LogP contribution is 2.40. The van der Waals surface area contributed by atoms with Crippen LogP contribution in [0.1, 0.15) is 94.2 Å². The molecule has 296 valence electrons. The zero-order valence-electron chi connectivity index (χ0n) is 33.3. The summed E-state index contributed by atoms with van der Waals surface area (Å²) in [7, 11) is 5.31. The molecule has 2 aliphatic rings. The number of nitrogens with zero attached hydrogens (tertiary/aromatic N) is 3. The van der Waals surface area contributed by atoms with E-state index in [0.717, 1.165) is 5.69 Å². The average molecular weight is 737 g/mol. The lowest BCUT2D eigenvalue weighted by Crippen LogP contribution is -2.60. The molecule has 2 saturated heterocycles. The van der Waals surface area contributed by atoms with E-state index < -0.39 is 83.6 Å². The first-order valence-electron chi connectivity index (χ1n) is 18.4. The van der Waals surface area contributed by atoms with Crippen molar-refractivity contribution >= 4 is 23.4 Å². The lowest BCUT2D eigenvalue weighted by molar-refractivity contribution is -0.301. The number of rotatable bonds is 8. The smallest absolute Gasteiger partial charge is 0.312 e. The van der Waals surface area contributed by atoms with Crippen molar-refractivity contribution in [3.63, 3.8) is 0 Å². The lowest BCUT2D eigenvalue weighted by atomic mass is 9.73. The van der Waals surface area contributed by atoms with Gasteiger partial charge in [-0.3, -0.25) is 9.59 Å². The Morgan fingerprint density at radius 2 is 1.77 bits per heavy atom. The maximum atomic E-state index is 13.9. The molecule has 14 atom stereocenters. The van der Waals surface area contributed by atoms with E-state index >= 15 is 0 Å². The van der Waals surface area contributed by atoms with Crippen LogP contribution in [0.3, 0.4) is 0 Å². The number of cyclic esters (lactones) is 1. The summed E-state index contributed by atoms with van der Waals surface area (Å²) in [5, 5.41) is 44.5. The molecular weight excluding hydrogens is 672 g/mol. The molecule has 1 aromatic heterocycles. The van der Waals surface area contributed by atoms with Crippen LogP contribution in [-0.4, -0.2) is 130 Å². The highest BCUT2D eigenvalue weighted by molar-refractivity contribution is 5.98. The number of esters is 2. The fourth-order valence-electron chi connectivity index (χ4n) is 7.92. The van der Waals surface area contributed by atoms with Gasteiger partial charge in [0.05, 0.1) is 41.2 Å². The number of aromatic nitrogens is 1. The number of hydrogen-bond acceptors (Lipinski definition) is 13. The van der Waals surface area contributed by atoms with Crippen LogP contribution in [0, 0.1) is 23.7 Å². The summed E-state index contributed by atoms with van der Waals surface area (Å²) in [5.41, 5.74) is -1.26. The molecule has 0 radical (unpaired) electrons. The van der Waals surface area contributed by atoms with Crippen LogP contribution in [0.25, 0.3) is 0 Å². The topological polar surface area (TPSA) is 185 Å². The van der Waals surface area contributed by atoms with Gasteiger partial charge in [0, 0.05) is 43.8 Å². The van der Waals surface area contributed by atoms with Gasteiger partial charge in [-0.2, -0.15) is 10.2 Å². The van der Waals surface area contributed by atoms with Crippen LogP contribution in [0.5, 0.6) is 0 Å². The average Bonchev–Trinajstić information content (AvgIpc) is 3.63. The number of aromatic amines is 1. The van der Waals surface area contributed by atoms with Gasteiger partial charge in [-0.1, -0.05) is 27.7 Å². The van der Waals surface area contributed by atoms with Gasteiger partial charge in [0.15, 0.2) is 6.29 Å². The normalized spacial score (nSPS) is 41.1. The van der Waals surface area contributed by atoms with E-state index in [9.17, 15) is 24.9 Å². The minimum atomic E-state index is -1.90. The first kappa shape index (κ1) is 43.7. The molecule has 2 fully saturated rings. The second-order valence-electron chi connectivity index (χ2n) is 15.6. The molecule has 2 aliphatic heterocycles.